The van der Waals surface area contributed by atoms with Gasteiger partial charge in [0.1, 0.15) is 0 Å². The van der Waals surface area contributed by atoms with Gasteiger partial charge < -0.3 is 11.1 Å². The van der Waals surface area contributed by atoms with Gasteiger partial charge in [-0.25, -0.2) is 0 Å². The lowest BCUT2D eigenvalue weighted by Gasteiger charge is -2.15. The number of carbonyl (C=O) groups excluding carboxylic acids is 1. The predicted octanol–water partition coefficient (Wildman–Crippen LogP) is 3.46. The van der Waals surface area contributed by atoms with Crippen molar-refractivity contribution in [3.8, 4) is 11.8 Å². The first-order valence-electron chi connectivity index (χ1n) is 7.72. The molecule has 0 radical (unpaired) electrons. The zero-order valence-corrected chi connectivity index (χ0v) is 13.3. The lowest BCUT2D eigenvalue weighted by Crippen LogP contribution is -2.22. The summed E-state index contributed by atoms with van der Waals surface area (Å²) < 4.78 is 0. The quantitative estimate of drug-likeness (QED) is 0.787. The fraction of sp³-hybridized carbons (Fsp3) is 0.500. The van der Waals surface area contributed by atoms with Crippen LogP contribution in [0.3, 0.4) is 0 Å². The Balaban J connectivity index is 2.88. The Morgan fingerprint density at radius 3 is 2.76 bits per heavy atom. The summed E-state index contributed by atoms with van der Waals surface area (Å²) in [6, 6.07) is 5.88. The predicted molar refractivity (Wildman–Crippen MR) is 89.0 cm³/mol. The molecule has 0 bridgehead atoms. The topological polar surface area (TPSA) is 55.1 Å². The molecule has 3 heteroatoms. The van der Waals surface area contributed by atoms with Gasteiger partial charge in [0, 0.05) is 11.5 Å². The Hall–Kier alpha value is -1.79. The number of unbranched alkanes of at least 4 members (excludes halogenated alkanes) is 1. The minimum atomic E-state index is 0.0709. The summed E-state index contributed by atoms with van der Waals surface area (Å²) in [4.78, 5) is 12.4. The van der Waals surface area contributed by atoms with Crippen molar-refractivity contribution in [3.63, 3.8) is 0 Å². The molecule has 21 heavy (non-hydrogen) atoms. The van der Waals surface area contributed by atoms with Gasteiger partial charge in [0.05, 0.1) is 12.2 Å². The number of hydrogen-bond donors (Lipinski definition) is 2. The van der Waals surface area contributed by atoms with Gasteiger partial charge in [0.2, 0.25) is 5.91 Å². The molecular formula is C18H26N2O. The normalized spacial score (nSPS) is 11.4. The number of nitrogens with two attached hydrogens (primary N) is 1. The van der Waals surface area contributed by atoms with E-state index in [1.807, 2.05) is 25.1 Å². The number of nitrogens with one attached hydrogen (secondary N) is 1. The van der Waals surface area contributed by atoms with Gasteiger partial charge in [0.25, 0.3) is 0 Å². The van der Waals surface area contributed by atoms with Crippen molar-refractivity contribution >= 4 is 11.6 Å². The van der Waals surface area contributed by atoms with Crippen molar-refractivity contribution in [3.05, 3.63) is 29.3 Å². The molecule has 1 amide bonds. The number of rotatable bonds is 6. The molecule has 3 N–H and O–H groups in total. The van der Waals surface area contributed by atoms with Crippen LogP contribution in [0.25, 0.3) is 0 Å². The van der Waals surface area contributed by atoms with E-state index in [9.17, 15) is 4.79 Å². The molecule has 114 valence electrons. The van der Waals surface area contributed by atoms with Crippen LogP contribution in [0.5, 0.6) is 0 Å². The second-order valence-corrected chi connectivity index (χ2v) is 5.29. The Morgan fingerprint density at radius 2 is 2.14 bits per heavy atom. The van der Waals surface area contributed by atoms with E-state index in [0.29, 0.717) is 6.54 Å². The highest BCUT2D eigenvalue weighted by Crippen LogP contribution is 2.20. The van der Waals surface area contributed by atoms with E-state index in [4.69, 9.17) is 5.73 Å². The van der Waals surface area contributed by atoms with Crippen molar-refractivity contribution in [2.75, 3.05) is 11.9 Å². The van der Waals surface area contributed by atoms with Crippen LogP contribution >= 0.6 is 0 Å². The number of benzene rings is 1. The Morgan fingerprint density at radius 1 is 1.38 bits per heavy atom. The Kier molecular flexibility index (Phi) is 7.56. The molecule has 0 saturated carbocycles. The Labute approximate surface area is 128 Å². The molecule has 0 aliphatic heterocycles. The standard InChI is InChI=1S/C18H26N2O/c1-4-6-8-15(5-2)18(21)20-17-11-10-14(3)13-16(17)9-7-12-19/h10-11,13,15H,4-6,8,12,19H2,1-3H3,(H,20,21). The van der Waals surface area contributed by atoms with Crippen LogP contribution in [-0.2, 0) is 4.79 Å². The van der Waals surface area contributed by atoms with E-state index in [2.05, 4.69) is 31.0 Å². The maximum Gasteiger partial charge on any atom is 0.227 e. The summed E-state index contributed by atoms with van der Waals surface area (Å²) in [6.45, 7) is 6.53. The van der Waals surface area contributed by atoms with Crippen molar-refractivity contribution in [2.24, 2.45) is 11.7 Å². The van der Waals surface area contributed by atoms with E-state index in [0.717, 1.165) is 42.5 Å². The number of hydrogen-bond acceptors (Lipinski definition) is 2. The lowest BCUT2D eigenvalue weighted by atomic mass is 9.98. The molecule has 0 aliphatic rings. The van der Waals surface area contributed by atoms with Gasteiger partial charge >= 0.3 is 0 Å². The fourth-order valence-corrected chi connectivity index (χ4v) is 2.22. The highest BCUT2D eigenvalue weighted by atomic mass is 16.1. The first kappa shape index (κ1) is 17.3. The van der Waals surface area contributed by atoms with E-state index in [1.54, 1.807) is 0 Å². The van der Waals surface area contributed by atoms with Crippen molar-refractivity contribution in [2.45, 2.75) is 46.5 Å². The van der Waals surface area contributed by atoms with Crippen LogP contribution in [-0.4, -0.2) is 12.5 Å². The van der Waals surface area contributed by atoms with Crippen LogP contribution in [0, 0.1) is 24.7 Å². The van der Waals surface area contributed by atoms with Crippen LogP contribution in [0.2, 0.25) is 0 Å². The molecule has 1 atom stereocenters. The van der Waals surface area contributed by atoms with Gasteiger partial charge in [-0.1, -0.05) is 44.6 Å². The van der Waals surface area contributed by atoms with Crippen molar-refractivity contribution in [1.29, 1.82) is 0 Å². The average Bonchev–Trinajstić information content (AvgIpc) is 2.48. The third kappa shape index (κ3) is 5.61. The summed E-state index contributed by atoms with van der Waals surface area (Å²) >= 11 is 0. The highest BCUT2D eigenvalue weighted by Gasteiger charge is 2.16. The smallest absolute Gasteiger partial charge is 0.227 e. The molecule has 0 fully saturated rings. The highest BCUT2D eigenvalue weighted by molar-refractivity contribution is 5.93. The summed E-state index contributed by atoms with van der Waals surface area (Å²) in [5.74, 6) is 6.04. The van der Waals surface area contributed by atoms with E-state index >= 15 is 0 Å². The zero-order chi connectivity index (χ0) is 15.7. The number of amides is 1. The molecule has 0 spiro atoms. The van der Waals surface area contributed by atoms with E-state index in [-0.39, 0.29) is 11.8 Å². The molecule has 1 unspecified atom stereocenters. The minimum Gasteiger partial charge on any atom is -0.325 e. The van der Waals surface area contributed by atoms with Crippen LogP contribution < -0.4 is 11.1 Å². The average molecular weight is 286 g/mol. The maximum atomic E-state index is 12.4. The maximum absolute atomic E-state index is 12.4. The van der Waals surface area contributed by atoms with E-state index < -0.39 is 0 Å². The van der Waals surface area contributed by atoms with Crippen LogP contribution in [0.4, 0.5) is 5.69 Å². The monoisotopic (exact) mass is 286 g/mol. The van der Waals surface area contributed by atoms with Gasteiger partial charge in [-0.3, -0.25) is 4.79 Å². The minimum absolute atomic E-state index is 0.0709. The van der Waals surface area contributed by atoms with Gasteiger partial charge in [0.15, 0.2) is 0 Å². The number of carbonyl (C=O) groups is 1. The molecule has 0 heterocycles. The summed E-state index contributed by atoms with van der Waals surface area (Å²) in [6.07, 6.45) is 4.00. The molecule has 0 aromatic heterocycles. The number of anilines is 1. The third-order valence-electron chi connectivity index (χ3n) is 3.53. The van der Waals surface area contributed by atoms with Gasteiger partial charge in [-0.05, 0) is 37.5 Å². The summed E-state index contributed by atoms with van der Waals surface area (Å²) in [5, 5.41) is 3.02. The van der Waals surface area contributed by atoms with Crippen LogP contribution in [0.1, 0.15) is 50.7 Å². The molecular weight excluding hydrogens is 260 g/mol. The van der Waals surface area contributed by atoms with Crippen molar-refractivity contribution < 1.29 is 4.79 Å². The Bertz CT molecular complexity index is 526. The second-order valence-electron chi connectivity index (χ2n) is 5.29. The lowest BCUT2D eigenvalue weighted by molar-refractivity contribution is -0.120. The third-order valence-corrected chi connectivity index (χ3v) is 3.53. The molecule has 0 saturated heterocycles. The zero-order valence-electron chi connectivity index (χ0n) is 13.3. The largest absolute Gasteiger partial charge is 0.325 e. The molecule has 1 aromatic rings. The molecule has 3 nitrogen and oxygen atoms in total. The first-order chi connectivity index (χ1) is 10.1. The van der Waals surface area contributed by atoms with E-state index in [1.165, 1.54) is 0 Å². The second kappa shape index (κ2) is 9.20. The SMILES string of the molecule is CCCCC(CC)C(=O)Nc1ccc(C)cc1C#CCN. The molecule has 0 aliphatic carbocycles. The van der Waals surface area contributed by atoms with Gasteiger partial charge in [-0.15, -0.1) is 0 Å². The fourth-order valence-electron chi connectivity index (χ4n) is 2.22. The molecule has 1 aromatic carbocycles. The van der Waals surface area contributed by atoms with Gasteiger partial charge in [-0.2, -0.15) is 0 Å². The summed E-state index contributed by atoms with van der Waals surface area (Å²) in [5.41, 5.74) is 8.16. The van der Waals surface area contributed by atoms with Crippen LogP contribution in [0.15, 0.2) is 18.2 Å². The number of aryl methyl sites for hydroxylation is 1. The molecule has 1 rings (SSSR count). The summed E-state index contributed by atoms with van der Waals surface area (Å²) in [7, 11) is 0. The van der Waals surface area contributed by atoms with Crippen molar-refractivity contribution in [1.82, 2.24) is 0 Å². The first-order valence-corrected chi connectivity index (χ1v) is 7.72.